The molecule has 31 heavy (non-hydrogen) atoms. The minimum atomic E-state index is -3.69. The van der Waals surface area contributed by atoms with Crippen LogP contribution in [0.5, 0.6) is 0 Å². The molecule has 8 heteroatoms. The van der Waals surface area contributed by atoms with Gasteiger partial charge in [-0.3, -0.25) is 4.79 Å². The lowest BCUT2D eigenvalue weighted by molar-refractivity contribution is 0.0953. The molecule has 1 atom stereocenters. The fourth-order valence-corrected chi connectivity index (χ4v) is 4.69. The van der Waals surface area contributed by atoms with E-state index < -0.39 is 10.0 Å². The lowest BCUT2D eigenvalue weighted by atomic mass is 10.2. The van der Waals surface area contributed by atoms with Gasteiger partial charge in [-0.1, -0.05) is 24.3 Å². The molecule has 168 valence electrons. The van der Waals surface area contributed by atoms with Gasteiger partial charge in [0.1, 0.15) is 0 Å². The van der Waals surface area contributed by atoms with Crippen LogP contribution in [0.3, 0.4) is 0 Å². The summed E-state index contributed by atoms with van der Waals surface area (Å²) in [7, 11) is -3.69. The number of para-hydroxylation sites is 1. The molecule has 1 unspecified atom stereocenters. The topological polar surface area (TPSA) is 87.7 Å². The van der Waals surface area contributed by atoms with Crippen LogP contribution in [0.15, 0.2) is 59.5 Å². The molecule has 0 aliphatic carbocycles. The molecule has 2 aromatic rings. The number of hydrogen-bond acceptors (Lipinski definition) is 5. The Morgan fingerprint density at radius 2 is 1.97 bits per heavy atom. The third kappa shape index (κ3) is 6.78. The molecule has 0 spiro atoms. The van der Waals surface area contributed by atoms with Crippen LogP contribution in [0.1, 0.15) is 36.5 Å². The smallest absolute Gasteiger partial charge is 0.251 e. The fourth-order valence-electron chi connectivity index (χ4n) is 3.58. The molecule has 0 saturated carbocycles. The van der Waals surface area contributed by atoms with Crippen LogP contribution < -0.4 is 14.9 Å². The fraction of sp³-hybridized carbons (Fsp3) is 0.435. The second-order valence-electron chi connectivity index (χ2n) is 7.54. The molecule has 3 rings (SSSR count). The Morgan fingerprint density at radius 3 is 2.68 bits per heavy atom. The minimum absolute atomic E-state index is 0.0828. The number of nitrogens with zero attached hydrogens (tertiary/aromatic N) is 1. The summed E-state index contributed by atoms with van der Waals surface area (Å²) >= 11 is 0. The van der Waals surface area contributed by atoms with Gasteiger partial charge in [-0.25, -0.2) is 13.1 Å². The van der Waals surface area contributed by atoms with E-state index in [2.05, 4.69) is 34.0 Å². The van der Waals surface area contributed by atoms with Gasteiger partial charge in [-0.05, 0) is 56.5 Å². The summed E-state index contributed by atoms with van der Waals surface area (Å²) in [6, 6.07) is 16.3. The summed E-state index contributed by atoms with van der Waals surface area (Å²) in [4.78, 5) is 14.8. The Balaban J connectivity index is 1.50. The highest BCUT2D eigenvalue weighted by Crippen LogP contribution is 2.15. The van der Waals surface area contributed by atoms with E-state index in [1.165, 1.54) is 12.1 Å². The van der Waals surface area contributed by atoms with Crippen molar-refractivity contribution >= 4 is 21.6 Å². The number of rotatable bonds is 11. The Bertz CT molecular complexity index is 944. The molecule has 2 N–H and O–H groups in total. The quantitative estimate of drug-likeness (QED) is 0.520. The van der Waals surface area contributed by atoms with Crippen molar-refractivity contribution in [3.63, 3.8) is 0 Å². The molecule has 0 bridgehead atoms. The third-order valence-electron chi connectivity index (χ3n) is 5.32. The van der Waals surface area contributed by atoms with Crippen LogP contribution in [-0.2, 0) is 14.8 Å². The average molecular weight is 446 g/mol. The van der Waals surface area contributed by atoms with E-state index in [1.54, 1.807) is 12.1 Å². The van der Waals surface area contributed by atoms with Crippen LogP contribution in [0.4, 0.5) is 5.69 Å². The first kappa shape index (κ1) is 23.2. The summed E-state index contributed by atoms with van der Waals surface area (Å²) in [5.41, 5.74) is 1.49. The summed E-state index contributed by atoms with van der Waals surface area (Å²) < 4.78 is 33.2. The maximum absolute atomic E-state index is 12.6. The Kier molecular flexibility index (Phi) is 8.45. The largest absolute Gasteiger partial charge is 0.377 e. The van der Waals surface area contributed by atoms with Crippen LogP contribution in [0, 0.1) is 0 Å². The Hall–Kier alpha value is -2.42. The SMILES string of the molecule is CCN(CCCNC(=O)c1cccc(S(=O)(=O)NCC2CCCO2)c1)c1ccccc1. The number of amides is 1. The van der Waals surface area contributed by atoms with E-state index in [1.807, 2.05) is 18.2 Å². The van der Waals surface area contributed by atoms with Crippen LogP contribution in [0.2, 0.25) is 0 Å². The zero-order valence-electron chi connectivity index (χ0n) is 17.9. The Morgan fingerprint density at radius 1 is 1.16 bits per heavy atom. The molecule has 1 saturated heterocycles. The van der Waals surface area contributed by atoms with Crippen molar-refractivity contribution in [1.29, 1.82) is 0 Å². The average Bonchev–Trinajstić information content (AvgIpc) is 3.32. The highest BCUT2D eigenvalue weighted by molar-refractivity contribution is 7.89. The molecule has 7 nitrogen and oxygen atoms in total. The maximum atomic E-state index is 12.6. The highest BCUT2D eigenvalue weighted by Gasteiger charge is 2.21. The van der Waals surface area contributed by atoms with E-state index in [0.29, 0.717) is 18.7 Å². The molecule has 0 aromatic heterocycles. The maximum Gasteiger partial charge on any atom is 0.251 e. The van der Waals surface area contributed by atoms with Gasteiger partial charge >= 0.3 is 0 Å². The second-order valence-corrected chi connectivity index (χ2v) is 9.31. The van der Waals surface area contributed by atoms with Gasteiger partial charge in [0.05, 0.1) is 11.0 Å². The number of carbonyl (C=O) groups is 1. The van der Waals surface area contributed by atoms with Gasteiger partial charge in [0.25, 0.3) is 5.91 Å². The van der Waals surface area contributed by atoms with Gasteiger partial charge < -0.3 is 15.0 Å². The molecule has 1 heterocycles. The zero-order chi connectivity index (χ0) is 22.1. The van der Waals surface area contributed by atoms with Crippen molar-refractivity contribution in [3.05, 3.63) is 60.2 Å². The molecule has 1 amide bonds. The predicted molar refractivity (Wildman–Crippen MR) is 122 cm³/mol. The number of carbonyl (C=O) groups excluding carboxylic acids is 1. The minimum Gasteiger partial charge on any atom is -0.377 e. The van der Waals surface area contributed by atoms with Crippen LogP contribution >= 0.6 is 0 Å². The molecule has 2 aromatic carbocycles. The zero-order valence-corrected chi connectivity index (χ0v) is 18.7. The molecular formula is C23H31N3O4S. The van der Waals surface area contributed by atoms with Crippen molar-refractivity contribution in [1.82, 2.24) is 10.0 Å². The number of benzene rings is 2. The van der Waals surface area contributed by atoms with Crippen molar-refractivity contribution < 1.29 is 17.9 Å². The van der Waals surface area contributed by atoms with Crippen LogP contribution in [0.25, 0.3) is 0 Å². The first-order valence-corrected chi connectivity index (χ1v) is 12.3. The van der Waals surface area contributed by atoms with Crippen molar-refractivity contribution in [2.45, 2.75) is 37.2 Å². The normalized spacial score (nSPS) is 16.2. The van der Waals surface area contributed by atoms with Crippen LogP contribution in [-0.4, -0.2) is 53.2 Å². The summed E-state index contributed by atoms with van der Waals surface area (Å²) in [5.74, 6) is -0.279. The summed E-state index contributed by atoms with van der Waals surface area (Å²) in [6.45, 7) is 5.23. The lowest BCUT2D eigenvalue weighted by Gasteiger charge is -2.23. The Labute approximate surface area is 184 Å². The van der Waals surface area contributed by atoms with Crippen molar-refractivity contribution in [2.24, 2.45) is 0 Å². The summed E-state index contributed by atoms with van der Waals surface area (Å²) in [5, 5.41) is 2.88. The lowest BCUT2D eigenvalue weighted by Crippen LogP contribution is -2.32. The van der Waals surface area contributed by atoms with Gasteiger partial charge in [0.2, 0.25) is 10.0 Å². The van der Waals surface area contributed by atoms with E-state index in [-0.39, 0.29) is 23.5 Å². The number of ether oxygens (including phenoxy) is 1. The van der Waals surface area contributed by atoms with Gasteiger partial charge in [-0.15, -0.1) is 0 Å². The molecule has 1 aliphatic heterocycles. The van der Waals surface area contributed by atoms with Crippen molar-refractivity contribution in [2.75, 3.05) is 37.7 Å². The highest BCUT2D eigenvalue weighted by atomic mass is 32.2. The molecule has 0 radical (unpaired) electrons. The molecule has 1 fully saturated rings. The monoisotopic (exact) mass is 445 g/mol. The first-order chi connectivity index (χ1) is 15.0. The molecule has 1 aliphatic rings. The van der Waals surface area contributed by atoms with Gasteiger partial charge in [-0.2, -0.15) is 0 Å². The standard InChI is InChI=1S/C23H31N3O4S/c1-2-26(20-10-4-3-5-11-20)15-8-14-24-23(27)19-9-6-13-22(17-19)31(28,29)25-18-21-12-7-16-30-21/h3-6,9-11,13,17,21,25H,2,7-8,12,14-16,18H2,1H3,(H,24,27). The van der Waals surface area contributed by atoms with Gasteiger partial charge in [0, 0.05) is 44.0 Å². The van der Waals surface area contributed by atoms with E-state index in [0.717, 1.165) is 38.0 Å². The van der Waals surface area contributed by atoms with E-state index >= 15 is 0 Å². The number of hydrogen-bond donors (Lipinski definition) is 2. The number of sulfonamides is 1. The van der Waals surface area contributed by atoms with E-state index in [4.69, 9.17) is 4.74 Å². The predicted octanol–water partition coefficient (Wildman–Crippen LogP) is 2.79. The second kappa shape index (κ2) is 11.3. The molecular weight excluding hydrogens is 414 g/mol. The van der Waals surface area contributed by atoms with Gasteiger partial charge in [0.15, 0.2) is 0 Å². The van der Waals surface area contributed by atoms with E-state index in [9.17, 15) is 13.2 Å². The summed E-state index contributed by atoms with van der Waals surface area (Å²) in [6.07, 6.45) is 2.50. The number of nitrogens with one attached hydrogen (secondary N) is 2. The first-order valence-electron chi connectivity index (χ1n) is 10.8. The number of anilines is 1. The van der Waals surface area contributed by atoms with Crippen molar-refractivity contribution in [3.8, 4) is 0 Å². The third-order valence-corrected chi connectivity index (χ3v) is 6.75.